The van der Waals surface area contributed by atoms with Gasteiger partial charge in [-0.05, 0) is 23.8 Å². The van der Waals surface area contributed by atoms with Gasteiger partial charge in [0.1, 0.15) is 5.75 Å². The molecule has 0 saturated carbocycles. The lowest BCUT2D eigenvalue weighted by molar-refractivity contribution is -0.138. The Balaban J connectivity index is 2.45. The van der Waals surface area contributed by atoms with Gasteiger partial charge in [0, 0.05) is 18.0 Å². The largest absolute Gasteiger partial charge is 0.497 e. The van der Waals surface area contributed by atoms with Crippen molar-refractivity contribution in [1.29, 1.82) is 0 Å². The maximum atomic E-state index is 13.0. The van der Waals surface area contributed by atoms with Crippen molar-refractivity contribution in [3.05, 3.63) is 59.4 Å². The standard InChI is InChI=1S/C14H13F3N2O/c1-20-10-4-2-3-9(7-10)13(18)11-8-19-6-5-12(11)14(15,16)17/h2-8,13H,18H2,1H3. The highest BCUT2D eigenvalue weighted by Crippen LogP contribution is 2.35. The topological polar surface area (TPSA) is 48.1 Å². The fraction of sp³-hybridized carbons (Fsp3) is 0.214. The first-order chi connectivity index (χ1) is 9.43. The molecule has 106 valence electrons. The maximum Gasteiger partial charge on any atom is 0.416 e. The number of hydrogen-bond donors (Lipinski definition) is 1. The van der Waals surface area contributed by atoms with E-state index >= 15 is 0 Å². The lowest BCUT2D eigenvalue weighted by Gasteiger charge is -2.18. The average Bonchev–Trinajstić information content (AvgIpc) is 2.45. The average molecular weight is 282 g/mol. The molecule has 20 heavy (non-hydrogen) atoms. The molecule has 1 atom stereocenters. The number of rotatable bonds is 3. The summed E-state index contributed by atoms with van der Waals surface area (Å²) in [6.07, 6.45) is -2.22. The number of nitrogens with two attached hydrogens (primary N) is 1. The van der Waals surface area contributed by atoms with Gasteiger partial charge in [-0.15, -0.1) is 0 Å². The monoisotopic (exact) mass is 282 g/mol. The van der Waals surface area contributed by atoms with Gasteiger partial charge in [0.25, 0.3) is 0 Å². The number of hydrogen-bond acceptors (Lipinski definition) is 3. The third-order valence-electron chi connectivity index (χ3n) is 2.95. The van der Waals surface area contributed by atoms with E-state index in [4.69, 9.17) is 10.5 Å². The predicted octanol–water partition coefficient (Wildman–Crippen LogP) is 3.16. The number of nitrogens with zero attached hydrogens (tertiary/aromatic N) is 1. The summed E-state index contributed by atoms with van der Waals surface area (Å²) in [5.74, 6) is 0.537. The van der Waals surface area contributed by atoms with Crippen LogP contribution in [0.15, 0.2) is 42.7 Å². The number of ether oxygens (including phenoxy) is 1. The van der Waals surface area contributed by atoms with Gasteiger partial charge in [-0.3, -0.25) is 4.98 Å². The zero-order valence-corrected chi connectivity index (χ0v) is 10.7. The van der Waals surface area contributed by atoms with Crippen LogP contribution in [0.25, 0.3) is 0 Å². The van der Waals surface area contributed by atoms with Crippen LogP contribution < -0.4 is 10.5 Å². The van der Waals surface area contributed by atoms with E-state index in [1.54, 1.807) is 24.3 Å². The number of halogens is 3. The minimum Gasteiger partial charge on any atom is -0.497 e. The molecule has 2 aromatic rings. The number of alkyl halides is 3. The van der Waals surface area contributed by atoms with E-state index < -0.39 is 17.8 Å². The Morgan fingerprint density at radius 1 is 1.25 bits per heavy atom. The molecule has 0 aliphatic rings. The molecule has 0 aliphatic heterocycles. The molecule has 2 N–H and O–H groups in total. The number of aromatic nitrogens is 1. The molecule has 2 rings (SSSR count). The second kappa shape index (κ2) is 5.50. The molecule has 3 nitrogen and oxygen atoms in total. The molecule has 0 aliphatic carbocycles. The van der Waals surface area contributed by atoms with E-state index in [-0.39, 0.29) is 5.56 Å². The van der Waals surface area contributed by atoms with Crippen molar-refractivity contribution in [2.75, 3.05) is 7.11 Å². The second-order valence-electron chi connectivity index (χ2n) is 4.21. The van der Waals surface area contributed by atoms with Crippen LogP contribution in [0.1, 0.15) is 22.7 Å². The van der Waals surface area contributed by atoms with Crippen LogP contribution in [0.5, 0.6) is 5.75 Å². The molecule has 6 heteroatoms. The van der Waals surface area contributed by atoms with E-state index in [0.29, 0.717) is 11.3 Å². The van der Waals surface area contributed by atoms with Crippen molar-refractivity contribution < 1.29 is 17.9 Å². The molecule has 1 heterocycles. The molecular weight excluding hydrogens is 269 g/mol. The van der Waals surface area contributed by atoms with Crippen LogP contribution in [-0.2, 0) is 6.18 Å². The van der Waals surface area contributed by atoms with Crippen LogP contribution in [0.2, 0.25) is 0 Å². The van der Waals surface area contributed by atoms with Crippen LogP contribution >= 0.6 is 0 Å². The van der Waals surface area contributed by atoms with Gasteiger partial charge >= 0.3 is 6.18 Å². The highest BCUT2D eigenvalue weighted by Gasteiger charge is 2.34. The van der Waals surface area contributed by atoms with Crippen LogP contribution in [0.3, 0.4) is 0 Å². The van der Waals surface area contributed by atoms with Crippen LogP contribution in [-0.4, -0.2) is 12.1 Å². The number of pyridine rings is 1. The molecule has 0 amide bonds. The van der Waals surface area contributed by atoms with Crippen molar-refractivity contribution in [1.82, 2.24) is 4.98 Å². The van der Waals surface area contributed by atoms with Crippen molar-refractivity contribution in [2.24, 2.45) is 5.73 Å². The third kappa shape index (κ3) is 2.91. The fourth-order valence-corrected chi connectivity index (χ4v) is 1.93. The van der Waals surface area contributed by atoms with E-state index in [1.165, 1.54) is 7.11 Å². The summed E-state index contributed by atoms with van der Waals surface area (Å²) in [4.78, 5) is 3.74. The Kier molecular flexibility index (Phi) is 3.94. The summed E-state index contributed by atoms with van der Waals surface area (Å²) < 4.78 is 43.9. The van der Waals surface area contributed by atoms with Gasteiger partial charge in [-0.1, -0.05) is 12.1 Å². The molecule has 0 fully saturated rings. The first-order valence-electron chi connectivity index (χ1n) is 5.84. The first kappa shape index (κ1) is 14.3. The third-order valence-corrected chi connectivity index (χ3v) is 2.95. The molecule has 1 aromatic carbocycles. The van der Waals surface area contributed by atoms with Gasteiger partial charge in [0.2, 0.25) is 0 Å². The fourth-order valence-electron chi connectivity index (χ4n) is 1.93. The Labute approximate surface area is 114 Å². The van der Waals surface area contributed by atoms with Crippen molar-refractivity contribution >= 4 is 0 Å². The Morgan fingerprint density at radius 3 is 2.65 bits per heavy atom. The Morgan fingerprint density at radius 2 is 2.00 bits per heavy atom. The summed E-state index contributed by atoms with van der Waals surface area (Å²) in [5, 5.41) is 0. The van der Waals surface area contributed by atoms with Gasteiger partial charge in [-0.2, -0.15) is 13.2 Å². The Bertz CT molecular complexity index is 599. The van der Waals surface area contributed by atoms with Crippen LogP contribution in [0, 0.1) is 0 Å². The van der Waals surface area contributed by atoms with E-state index in [1.807, 2.05) is 0 Å². The molecule has 0 spiro atoms. The smallest absolute Gasteiger partial charge is 0.416 e. The van der Waals surface area contributed by atoms with Gasteiger partial charge in [-0.25, -0.2) is 0 Å². The lowest BCUT2D eigenvalue weighted by atomic mass is 9.96. The summed E-state index contributed by atoms with van der Waals surface area (Å²) in [7, 11) is 1.48. The Hall–Kier alpha value is -2.08. The SMILES string of the molecule is COc1cccc(C(N)c2cnccc2C(F)(F)F)c1. The molecule has 0 radical (unpaired) electrons. The second-order valence-corrected chi connectivity index (χ2v) is 4.21. The molecule has 1 aromatic heterocycles. The summed E-state index contributed by atoms with van der Waals surface area (Å²) in [6, 6.07) is 6.64. The van der Waals surface area contributed by atoms with Gasteiger partial charge < -0.3 is 10.5 Å². The lowest BCUT2D eigenvalue weighted by Crippen LogP contribution is -2.18. The zero-order chi connectivity index (χ0) is 14.8. The van der Waals surface area contributed by atoms with E-state index in [0.717, 1.165) is 18.5 Å². The molecule has 0 bridgehead atoms. The minimum absolute atomic E-state index is 0.0618. The first-order valence-corrected chi connectivity index (χ1v) is 5.84. The van der Waals surface area contributed by atoms with Crippen molar-refractivity contribution in [3.8, 4) is 5.75 Å². The van der Waals surface area contributed by atoms with Crippen LogP contribution in [0.4, 0.5) is 13.2 Å². The predicted molar refractivity (Wildman–Crippen MR) is 68.3 cm³/mol. The minimum atomic E-state index is -4.46. The number of methoxy groups -OCH3 is 1. The van der Waals surface area contributed by atoms with Crippen molar-refractivity contribution in [3.63, 3.8) is 0 Å². The van der Waals surface area contributed by atoms with Crippen molar-refractivity contribution in [2.45, 2.75) is 12.2 Å². The quantitative estimate of drug-likeness (QED) is 0.940. The summed E-state index contributed by atoms with van der Waals surface area (Å²) >= 11 is 0. The van der Waals surface area contributed by atoms with Gasteiger partial charge in [0.05, 0.1) is 18.7 Å². The maximum absolute atomic E-state index is 13.0. The molecular formula is C14H13F3N2O. The zero-order valence-electron chi connectivity index (χ0n) is 10.7. The number of benzene rings is 1. The van der Waals surface area contributed by atoms with E-state index in [2.05, 4.69) is 4.98 Å². The van der Waals surface area contributed by atoms with E-state index in [9.17, 15) is 13.2 Å². The highest BCUT2D eigenvalue weighted by atomic mass is 19.4. The summed E-state index contributed by atoms with van der Waals surface area (Å²) in [5.41, 5.74) is 5.64. The summed E-state index contributed by atoms with van der Waals surface area (Å²) in [6.45, 7) is 0. The molecule has 0 saturated heterocycles. The molecule has 1 unspecified atom stereocenters. The van der Waals surface area contributed by atoms with Gasteiger partial charge in [0.15, 0.2) is 0 Å². The highest BCUT2D eigenvalue weighted by molar-refractivity contribution is 5.39. The normalized spacial score (nSPS) is 13.1.